The van der Waals surface area contributed by atoms with Crippen LogP contribution in [-0.2, 0) is 19.6 Å². The lowest BCUT2D eigenvalue weighted by molar-refractivity contribution is 0.269. The first-order valence-corrected chi connectivity index (χ1v) is 6.02. The third-order valence-corrected chi connectivity index (χ3v) is 2.65. The Bertz CT molecular complexity index is 478. The van der Waals surface area contributed by atoms with Crippen molar-refractivity contribution in [2.75, 3.05) is 6.61 Å². The first-order valence-electron chi connectivity index (χ1n) is 6.02. The van der Waals surface area contributed by atoms with Gasteiger partial charge in [-0.2, -0.15) is 5.10 Å². The second-order valence-electron chi connectivity index (χ2n) is 4.25. The first kappa shape index (κ1) is 12.7. The third kappa shape index (κ3) is 3.65. The Labute approximate surface area is 106 Å². The fourth-order valence-corrected chi connectivity index (χ4v) is 1.68. The van der Waals surface area contributed by atoms with Gasteiger partial charge in [-0.15, -0.1) is 0 Å². The van der Waals surface area contributed by atoms with Gasteiger partial charge >= 0.3 is 0 Å². The number of nitrogens with zero attached hydrogens (tertiary/aromatic N) is 3. The smallest absolute Gasteiger partial charge is 0.0640 e. The van der Waals surface area contributed by atoms with Crippen LogP contribution >= 0.6 is 0 Å². The van der Waals surface area contributed by atoms with Crippen molar-refractivity contribution in [2.24, 2.45) is 0 Å². The predicted octanol–water partition coefficient (Wildman–Crippen LogP) is 0.869. The second kappa shape index (κ2) is 6.28. The molecule has 0 spiro atoms. The molecule has 2 rings (SSSR count). The zero-order valence-corrected chi connectivity index (χ0v) is 10.5. The molecule has 2 aromatic heterocycles. The van der Waals surface area contributed by atoms with E-state index in [9.17, 15) is 0 Å². The van der Waals surface area contributed by atoms with E-state index in [1.165, 1.54) is 5.56 Å². The van der Waals surface area contributed by atoms with E-state index < -0.39 is 0 Å². The fourth-order valence-electron chi connectivity index (χ4n) is 1.68. The number of aryl methyl sites for hydroxylation is 1. The minimum atomic E-state index is 0.115. The topological polar surface area (TPSA) is 63.0 Å². The van der Waals surface area contributed by atoms with Crippen molar-refractivity contribution in [3.63, 3.8) is 0 Å². The van der Waals surface area contributed by atoms with Gasteiger partial charge in [-0.05, 0) is 18.6 Å². The van der Waals surface area contributed by atoms with Gasteiger partial charge in [-0.3, -0.25) is 9.67 Å². The van der Waals surface area contributed by atoms with Crippen molar-refractivity contribution in [3.8, 4) is 0 Å². The molecule has 5 nitrogen and oxygen atoms in total. The molecule has 2 aromatic rings. The summed E-state index contributed by atoms with van der Waals surface area (Å²) in [5.41, 5.74) is 3.32. The van der Waals surface area contributed by atoms with Crippen molar-refractivity contribution >= 4 is 0 Å². The average Bonchev–Trinajstić information content (AvgIpc) is 2.80. The molecule has 0 radical (unpaired) electrons. The number of hydrogen-bond acceptors (Lipinski definition) is 4. The fraction of sp³-hybridized carbons (Fsp3) is 0.385. The van der Waals surface area contributed by atoms with Crippen LogP contribution in [0.1, 0.15) is 16.8 Å². The van der Waals surface area contributed by atoms with Gasteiger partial charge < -0.3 is 10.4 Å². The lowest BCUT2D eigenvalue weighted by Crippen LogP contribution is -2.12. The van der Waals surface area contributed by atoms with E-state index in [1.807, 2.05) is 31.6 Å². The van der Waals surface area contributed by atoms with Crippen LogP contribution in [0.5, 0.6) is 0 Å². The molecule has 0 aliphatic carbocycles. The zero-order chi connectivity index (χ0) is 12.8. The first-order chi connectivity index (χ1) is 8.78. The van der Waals surface area contributed by atoms with E-state index >= 15 is 0 Å². The maximum Gasteiger partial charge on any atom is 0.0640 e. The summed E-state index contributed by atoms with van der Waals surface area (Å²) in [6.07, 6.45) is 5.64. The van der Waals surface area contributed by atoms with Gasteiger partial charge in [0, 0.05) is 36.7 Å². The van der Waals surface area contributed by atoms with Crippen LogP contribution in [0.15, 0.2) is 30.7 Å². The van der Waals surface area contributed by atoms with Gasteiger partial charge in [0.25, 0.3) is 0 Å². The number of rotatable bonds is 6. The van der Waals surface area contributed by atoms with Crippen LogP contribution in [-0.4, -0.2) is 26.5 Å². The summed E-state index contributed by atoms with van der Waals surface area (Å²) in [5, 5.41) is 16.3. The largest absolute Gasteiger partial charge is 0.394 e. The van der Waals surface area contributed by atoms with Crippen molar-refractivity contribution in [1.82, 2.24) is 20.1 Å². The lowest BCUT2D eigenvalue weighted by Gasteiger charge is -2.03. The van der Waals surface area contributed by atoms with E-state index in [1.54, 1.807) is 4.68 Å². The minimum absolute atomic E-state index is 0.115. The van der Waals surface area contributed by atoms with Gasteiger partial charge in [0.2, 0.25) is 0 Å². The monoisotopic (exact) mass is 246 g/mol. The summed E-state index contributed by atoms with van der Waals surface area (Å²) in [7, 11) is 0. The van der Waals surface area contributed by atoms with E-state index in [2.05, 4.69) is 21.5 Å². The van der Waals surface area contributed by atoms with Crippen LogP contribution in [0.25, 0.3) is 0 Å². The lowest BCUT2D eigenvalue weighted by atomic mass is 10.2. The van der Waals surface area contributed by atoms with E-state index in [4.69, 9.17) is 5.11 Å². The van der Waals surface area contributed by atoms with Crippen LogP contribution in [0.2, 0.25) is 0 Å². The number of pyridine rings is 1. The average molecular weight is 246 g/mol. The standard InChI is InChI=1S/C13H18N4O/c1-11-2-3-12(8-15-11)6-14-7-13-9-16-17(10-13)4-5-18/h2-3,8-10,14,18H,4-7H2,1H3. The molecular formula is C13H18N4O. The van der Waals surface area contributed by atoms with Crippen LogP contribution in [0, 0.1) is 6.92 Å². The molecule has 2 heterocycles. The van der Waals surface area contributed by atoms with E-state index in [0.717, 1.165) is 24.3 Å². The molecule has 0 aliphatic heterocycles. The van der Waals surface area contributed by atoms with Crippen molar-refractivity contribution < 1.29 is 5.11 Å². The van der Waals surface area contributed by atoms with Crippen LogP contribution in [0.3, 0.4) is 0 Å². The van der Waals surface area contributed by atoms with E-state index in [0.29, 0.717) is 6.54 Å². The van der Waals surface area contributed by atoms with Gasteiger partial charge in [-0.25, -0.2) is 0 Å². The maximum absolute atomic E-state index is 8.79. The molecule has 18 heavy (non-hydrogen) atoms. The summed E-state index contributed by atoms with van der Waals surface area (Å²) in [6.45, 7) is 4.19. The summed E-state index contributed by atoms with van der Waals surface area (Å²) < 4.78 is 1.74. The predicted molar refractivity (Wildman–Crippen MR) is 68.8 cm³/mol. The Morgan fingerprint density at radius 1 is 1.22 bits per heavy atom. The molecule has 0 saturated heterocycles. The molecule has 0 fully saturated rings. The molecule has 0 bridgehead atoms. The Hall–Kier alpha value is -1.72. The summed E-state index contributed by atoms with van der Waals surface area (Å²) in [5.74, 6) is 0. The minimum Gasteiger partial charge on any atom is -0.394 e. The Balaban J connectivity index is 1.79. The molecule has 0 amide bonds. The van der Waals surface area contributed by atoms with Gasteiger partial charge in [0.05, 0.1) is 19.3 Å². The van der Waals surface area contributed by atoms with Crippen molar-refractivity contribution in [3.05, 3.63) is 47.5 Å². The Kier molecular flexibility index (Phi) is 4.44. The van der Waals surface area contributed by atoms with E-state index in [-0.39, 0.29) is 6.61 Å². The Morgan fingerprint density at radius 2 is 2.06 bits per heavy atom. The summed E-state index contributed by atoms with van der Waals surface area (Å²) in [4.78, 5) is 4.25. The molecule has 0 aromatic carbocycles. The highest BCUT2D eigenvalue weighted by molar-refractivity contribution is 5.13. The van der Waals surface area contributed by atoms with Crippen molar-refractivity contribution in [2.45, 2.75) is 26.6 Å². The third-order valence-electron chi connectivity index (χ3n) is 2.65. The number of nitrogens with one attached hydrogen (secondary N) is 1. The number of aliphatic hydroxyl groups is 1. The summed E-state index contributed by atoms with van der Waals surface area (Å²) in [6, 6.07) is 4.08. The molecular weight excluding hydrogens is 228 g/mol. The van der Waals surface area contributed by atoms with Crippen LogP contribution < -0.4 is 5.32 Å². The summed E-state index contributed by atoms with van der Waals surface area (Å²) >= 11 is 0. The zero-order valence-electron chi connectivity index (χ0n) is 10.5. The molecule has 2 N–H and O–H groups in total. The molecule has 0 atom stereocenters. The number of hydrogen-bond donors (Lipinski definition) is 2. The number of aromatic nitrogens is 3. The molecule has 0 aliphatic rings. The molecule has 96 valence electrons. The maximum atomic E-state index is 8.79. The van der Waals surface area contributed by atoms with Gasteiger partial charge in [-0.1, -0.05) is 6.07 Å². The molecule has 0 unspecified atom stereocenters. The van der Waals surface area contributed by atoms with Gasteiger partial charge in [0.1, 0.15) is 0 Å². The van der Waals surface area contributed by atoms with Crippen LogP contribution in [0.4, 0.5) is 0 Å². The SMILES string of the molecule is Cc1ccc(CNCc2cnn(CCO)c2)cn1. The second-order valence-corrected chi connectivity index (χ2v) is 4.25. The van der Waals surface area contributed by atoms with Gasteiger partial charge in [0.15, 0.2) is 0 Å². The Morgan fingerprint density at radius 3 is 2.78 bits per heavy atom. The van der Waals surface area contributed by atoms with Crippen molar-refractivity contribution in [1.29, 1.82) is 0 Å². The highest BCUT2D eigenvalue weighted by Gasteiger charge is 1.98. The quantitative estimate of drug-likeness (QED) is 0.794. The molecule has 5 heteroatoms. The highest BCUT2D eigenvalue weighted by Crippen LogP contribution is 2.01. The highest BCUT2D eigenvalue weighted by atomic mass is 16.3. The molecule has 0 saturated carbocycles. The number of aliphatic hydroxyl groups excluding tert-OH is 1. The normalized spacial score (nSPS) is 10.8.